The Morgan fingerprint density at radius 3 is 2.84 bits per heavy atom. The van der Waals surface area contributed by atoms with Gasteiger partial charge in [-0.1, -0.05) is 27.7 Å². The molecule has 0 aromatic carbocycles. The maximum Gasteiger partial charge on any atom is 0.186 e. The van der Waals surface area contributed by atoms with Gasteiger partial charge in [0.15, 0.2) is 5.13 Å². The second-order valence-electron chi connectivity index (χ2n) is 5.65. The van der Waals surface area contributed by atoms with Crippen LogP contribution in [0.5, 0.6) is 0 Å². The molecule has 3 nitrogen and oxygen atoms in total. The monoisotopic (exact) mass is 281 g/mol. The zero-order valence-corrected chi connectivity index (χ0v) is 13.5. The third kappa shape index (κ3) is 3.48. The van der Waals surface area contributed by atoms with Crippen LogP contribution in [0.4, 0.5) is 5.13 Å². The zero-order chi connectivity index (χ0) is 13.8. The van der Waals surface area contributed by atoms with Crippen molar-refractivity contribution >= 4 is 16.5 Å². The Morgan fingerprint density at radius 1 is 1.42 bits per heavy atom. The van der Waals surface area contributed by atoms with E-state index in [-0.39, 0.29) is 0 Å². The van der Waals surface area contributed by atoms with Gasteiger partial charge in [-0.15, -0.1) is 11.3 Å². The molecular formula is C15H27N3S. The van der Waals surface area contributed by atoms with E-state index in [9.17, 15) is 0 Å². The van der Waals surface area contributed by atoms with Crippen molar-refractivity contribution in [1.29, 1.82) is 0 Å². The van der Waals surface area contributed by atoms with E-state index in [1.165, 1.54) is 41.5 Å². The van der Waals surface area contributed by atoms with Crippen LogP contribution in [0.3, 0.4) is 0 Å². The molecule has 0 bridgehead atoms. The molecule has 1 fully saturated rings. The number of hydrogen-bond donors (Lipinski definition) is 1. The maximum absolute atomic E-state index is 4.89. The van der Waals surface area contributed by atoms with E-state index in [1.807, 2.05) is 11.3 Å². The molecule has 2 rings (SSSR count). The van der Waals surface area contributed by atoms with Crippen LogP contribution in [0.1, 0.15) is 57.5 Å². The quantitative estimate of drug-likeness (QED) is 0.864. The van der Waals surface area contributed by atoms with Gasteiger partial charge in [-0.3, -0.25) is 0 Å². The molecule has 1 atom stereocenters. The van der Waals surface area contributed by atoms with Crippen LogP contribution in [0.15, 0.2) is 0 Å². The maximum atomic E-state index is 4.89. The van der Waals surface area contributed by atoms with Crippen molar-refractivity contribution in [2.45, 2.75) is 72.0 Å². The van der Waals surface area contributed by atoms with Crippen molar-refractivity contribution in [3.05, 3.63) is 10.6 Å². The van der Waals surface area contributed by atoms with Crippen LogP contribution >= 0.6 is 11.3 Å². The molecule has 0 spiro atoms. The molecule has 4 heteroatoms. The molecule has 1 aliphatic heterocycles. The Labute approximate surface area is 121 Å². The number of rotatable bonds is 6. The Morgan fingerprint density at radius 2 is 2.21 bits per heavy atom. The highest BCUT2D eigenvalue weighted by Crippen LogP contribution is 2.33. The lowest BCUT2D eigenvalue weighted by molar-refractivity contribution is 0.590. The highest BCUT2D eigenvalue weighted by molar-refractivity contribution is 7.15. The Hall–Kier alpha value is -0.610. The molecule has 0 amide bonds. The van der Waals surface area contributed by atoms with Crippen molar-refractivity contribution < 1.29 is 0 Å². The number of thiazole rings is 1. The van der Waals surface area contributed by atoms with Gasteiger partial charge in [0, 0.05) is 30.1 Å². The molecule has 1 saturated heterocycles. The van der Waals surface area contributed by atoms with Gasteiger partial charge in [0.05, 0.1) is 5.69 Å². The van der Waals surface area contributed by atoms with Gasteiger partial charge in [0.25, 0.3) is 0 Å². The minimum absolute atomic E-state index is 0.533. The molecule has 19 heavy (non-hydrogen) atoms. The van der Waals surface area contributed by atoms with E-state index in [4.69, 9.17) is 4.98 Å². The molecule has 0 radical (unpaired) electrons. The highest BCUT2D eigenvalue weighted by Gasteiger charge is 2.26. The third-order valence-electron chi connectivity index (χ3n) is 3.87. The number of nitrogens with zero attached hydrogens (tertiary/aromatic N) is 2. The van der Waals surface area contributed by atoms with Crippen LogP contribution in [-0.2, 0) is 13.0 Å². The second kappa shape index (κ2) is 6.71. The Bertz CT molecular complexity index is 400. The van der Waals surface area contributed by atoms with Crippen LogP contribution < -0.4 is 10.2 Å². The standard InChI is InChI=1S/C15H27N3S/c1-5-12-8-7-9-18(12)15-17-13(6-2)14(19-15)10-16-11(3)4/h11-12,16H,5-10H2,1-4H3. The van der Waals surface area contributed by atoms with Crippen molar-refractivity contribution in [2.24, 2.45) is 0 Å². The fraction of sp³-hybridized carbons (Fsp3) is 0.800. The van der Waals surface area contributed by atoms with Gasteiger partial charge in [-0.2, -0.15) is 0 Å². The van der Waals surface area contributed by atoms with E-state index in [0.29, 0.717) is 12.1 Å². The number of nitrogens with one attached hydrogen (secondary N) is 1. The number of hydrogen-bond acceptors (Lipinski definition) is 4. The summed E-state index contributed by atoms with van der Waals surface area (Å²) < 4.78 is 0. The van der Waals surface area contributed by atoms with E-state index in [2.05, 4.69) is 37.9 Å². The first kappa shape index (κ1) is 14.8. The molecule has 108 valence electrons. The number of anilines is 1. The summed E-state index contributed by atoms with van der Waals surface area (Å²) >= 11 is 1.89. The summed E-state index contributed by atoms with van der Waals surface area (Å²) in [4.78, 5) is 8.85. The molecule has 1 N–H and O–H groups in total. The summed E-state index contributed by atoms with van der Waals surface area (Å²) in [6.45, 7) is 11.0. The Balaban J connectivity index is 2.13. The summed E-state index contributed by atoms with van der Waals surface area (Å²) in [7, 11) is 0. The lowest BCUT2D eigenvalue weighted by Crippen LogP contribution is -2.28. The van der Waals surface area contributed by atoms with Crippen molar-refractivity contribution in [2.75, 3.05) is 11.4 Å². The molecule has 0 saturated carbocycles. The van der Waals surface area contributed by atoms with Gasteiger partial charge in [-0.25, -0.2) is 4.98 Å². The average molecular weight is 281 g/mol. The van der Waals surface area contributed by atoms with Crippen LogP contribution in [0.2, 0.25) is 0 Å². The van der Waals surface area contributed by atoms with Gasteiger partial charge < -0.3 is 10.2 Å². The van der Waals surface area contributed by atoms with Gasteiger partial charge >= 0.3 is 0 Å². The predicted molar refractivity (Wildman–Crippen MR) is 84.1 cm³/mol. The fourth-order valence-corrected chi connectivity index (χ4v) is 3.91. The van der Waals surface area contributed by atoms with E-state index in [1.54, 1.807) is 0 Å². The minimum atomic E-state index is 0.533. The smallest absolute Gasteiger partial charge is 0.186 e. The molecule has 1 aliphatic rings. The van der Waals surface area contributed by atoms with Gasteiger partial charge in [-0.05, 0) is 25.7 Å². The molecule has 1 aromatic rings. The zero-order valence-electron chi connectivity index (χ0n) is 12.7. The highest BCUT2D eigenvalue weighted by atomic mass is 32.1. The summed E-state index contributed by atoms with van der Waals surface area (Å²) in [6, 6.07) is 1.24. The normalized spacial score (nSPS) is 19.6. The summed E-state index contributed by atoms with van der Waals surface area (Å²) in [5.74, 6) is 0. The van der Waals surface area contributed by atoms with Crippen molar-refractivity contribution in [1.82, 2.24) is 10.3 Å². The van der Waals surface area contributed by atoms with Crippen LogP contribution in [0.25, 0.3) is 0 Å². The first-order chi connectivity index (χ1) is 9.15. The summed E-state index contributed by atoms with van der Waals surface area (Å²) in [5.41, 5.74) is 1.29. The van der Waals surface area contributed by atoms with Crippen LogP contribution in [-0.4, -0.2) is 23.6 Å². The predicted octanol–water partition coefficient (Wildman–Crippen LogP) is 3.58. The molecule has 1 unspecified atom stereocenters. The largest absolute Gasteiger partial charge is 0.345 e. The first-order valence-corrected chi connectivity index (χ1v) is 8.45. The number of aryl methyl sites for hydroxylation is 1. The van der Waals surface area contributed by atoms with Crippen LogP contribution in [0, 0.1) is 0 Å². The van der Waals surface area contributed by atoms with Crippen molar-refractivity contribution in [3.63, 3.8) is 0 Å². The summed E-state index contributed by atoms with van der Waals surface area (Å²) in [6.07, 6.45) is 4.92. The Kier molecular flexibility index (Phi) is 5.22. The summed E-state index contributed by atoms with van der Waals surface area (Å²) in [5, 5.41) is 4.77. The van der Waals surface area contributed by atoms with Crippen molar-refractivity contribution in [3.8, 4) is 0 Å². The first-order valence-electron chi connectivity index (χ1n) is 7.64. The number of aromatic nitrogens is 1. The minimum Gasteiger partial charge on any atom is -0.345 e. The molecular weight excluding hydrogens is 254 g/mol. The third-order valence-corrected chi connectivity index (χ3v) is 5.00. The molecule has 2 heterocycles. The lowest BCUT2D eigenvalue weighted by atomic mass is 10.2. The molecule has 1 aromatic heterocycles. The topological polar surface area (TPSA) is 28.2 Å². The average Bonchev–Trinajstić information content (AvgIpc) is 3.01. The SMILES string of the molecule is CCc1nc(N2CCCC2CC)sc1CNC(C)C. The van der Waals surface area contributed by atoms with Gasteiger partial charge in [0.2, 0.25) is 0 Å². The fourth-order valence-electron chi connectivity index (χ4n) is 2.72. The van der Waals surface area contributed by atoms with E-state index < -0.39 is 0 Å². The molecule has 0 aliphatic carbocycles. The van der Waals surface area contributed by atoms with E-state index >= 15 is 0 Å². The second-order valence-corrected chi connectivity index (χ2v) is 6.72. The van der Waals surface area contributed by atoms with Gasteiger partial charge in [0.1, 0.15) is 0 Å². The lowest BCUT2D eigenvalue weighted by Gasteiger charge is -2.22. The van der Waals surface area contributed by atoms with E-state index in [0.717, 1.165) is 13.0 Å².